The number of fused-ring (bicyclic) bond motifs is 2. The van der Waals surface area contributed by atoms with Gasteiger partial charge >= 0.3 is 6.03 Å². The van der Waals surface area contributed by atoms with Crippen molar-refractivity contribution in [2.24, 2.45) is 0 Å². The second kappa shape index (κ2) is 9.18. The molecule has 2 aromatic carbocycles. The number of carbonyl (C=O) groups excluding carboxylic acids is 2. The Kier molecular flexibility index (Phi) is 6.11. The fraction of sp³-hybridized carbons (Fsp3) is 0.481. The molecule has 2 saturated heterocycles. The molecule has 3 fully saturated rings. The van der Waals surface area contributed by atoms with Crippen LogP contribution in [0, 0.1) is 0 Å². The molecule has 0 radical (unpaired) electrons. The zero-order valence-electron chi connectivity index (χ0n) is 19.6. The van der Waals surface area contributed by atoms with E-state index in [1.165, 1.54) is 24.8 Å². The molecule has 3 atom stereocenters. The van der Waals surface area contributed by atoms with Crippen molar-refractivity contribution in [3.05, 3.63) is 59.7 Å². The molecule has 2 aliphatic heterocycles. The summed E-state index contributed by atoms with van der Waals surface area (Å²) in [5, 5.41) is 6.78. The summed E-state index contributed by atoms with van der Waals surface area (Å²) in [6.45, 7) is 1.70. The van der Waals surface area contributed by atoms with Crippen molar-refractivity contribution in [3.63, 3.8) is 0 Å². The highest BCUT2D eigenvalue weighted by atomic mass is 16.2. The van der Waals surface area contributed by atoms with E-state index in [0.29, 0.717) is 17.5 Å². The number of hydrogen-bond acceptors (Lipinski definition) is 3. The Labute approximate surface area is 196 Å². The Morgan fingerprint density at radius 1 is 0.879 bits per heavy atom. The molecule has 2 bridgehead atoms. The predicted molar refractivity (Wildman–Crippen MR) is 130 cm³/mol. The number of likely N-dealkylation sites (tertiary alicyclic amines) is 1. The van der Waals surface area contributed by atoms with E-state index in [4.69, 9.17) is 0 Å². The lowest BCUT2D eigenvalue weighted by Crippen LogP contribution is -2.75. The van der Waals surface area contributed by atoms with Gasteiger partial charge in [0.1, 0.15) is 0 Å². The smallest absolute Gasteiger partial charge is 0.318 e. The fourth-order valence-electron chi connectivity index (χ4n) is 5.78. The minimum absolute atomic E-state index is 0.0131. The first kappa shape index (κ1) is 22.0. The molecule has 33 heavy (non-hydrogen) atoms. The maximum Gasteiger partial charge on any atom is 0.318 e. The summed E-state index contributed by atoms with van der Waals surface area (Å²) in [6, 6.07) is 17.4. The van der Waals surface area contributed by atoms with E-state index in [1.54, 1.807) is 19.0 Å². The van der Waals surface area contributed by atoms with Gasteiger partial charge in [-0.05, 0) is 41.7 Å². The number of hydrogen-bond donors (Lipinski definition) is 2. The lowest BCUT2D eigenvalue weighted by atomic mass is 9.72. The molecule has 2 aromatic rings. The molecule has 2 heterocycles. The Morgan fingerprint density at radius 3 is 2.03 bits per heavy atom. The fourth-order valence-corrected chi connectivity index (χ4v) is 5.78. The van der Waals surface area contributed by atoms with Crippen LogP contribution < -0.4 is 10.6 Å². The first-order valence-corrected chi connectivity index (χ1v) is 12.2. The summed E-state index contributed by atoms with van der Waals surface area (Å²) in [6.07, 6.45) is 5.97. The van der Waals surface area contributed by atoms with Crippen molar-refractivity contribution >= 4 is 11.9 Å². The number of rotatable bonds is 4. The molecule has 0 spiro atoms. The maximum atomic E-state index is 13.0. The Bertz CT molecular complexity index is 984. The topological polar surface area (TPSA) is 64.7 Å². The summed E-state index contributed by atoms with van der Waals surface area (Å²) in [4.78, 5) is 28.8. The summed E-state index contributed by atoms with van der Waals surface area (Å²) in [5.74, 6) is 0.400. The van der Waals surface area contributed by atoms with Crippen LogP contribution in [-0.2, 0) is 0 Å². The van der Waals surface area contributed by atoms with Crippen molar-refractivity contribution in [2.75, 3.05) is 27.2 Å². The first-order chi connectivity index (χ1) is 16.0. The molecule has 6 heteroatoms. The van der Waals surface area contributed by atoms with E-state index in [9.17, 15) is 9.59 Å². The first-order valence-electron chi connectivity index (χ1n) is 12.2. The number of carbonyl (C=O) groups is 2. The van der Waals surface area contributed by atoms with Crippen LogP contribution in [0.25, 0.3) is 11.1 Å². The quantitative estimate of drug-likeness (QED) is 0.750. The summed E-state index contributed by atoms with van der Waals surface area (Å²) in [7, 11) is 3.53. The monoisotopic (exact) mass is 446 g/mol. The molecule has 1 unspecified atom stereocenters. The highest BCUT2D eigenvalue weighted by molar-refractivity contribution is 5.94. The third kappa shape index (κ3) is 4.24. The molecule has 1 saturated carbocycles. The van der Waals surface area contributed by atoms with Crippen molar-refractivity contribution in [3.8, 4) is 11.1 Å². The average molecular weight is 447 g/mol. The van der Waals surface area contributed by atoms with Crippen LogP contribution in [-0.4, -0.2) is 67.0 Å². The number of benzene rings is 2. The van der Waals surface area contributed by atoms with Crippen LogP contribution in [0.15, 0.2) is 48.5 Å². The van der Waals surface area contributed by atoms with Crippen molar-refractivity contribution in [1.82, 2.24) is 20.4 Å². The Balaban J connectivity index is 1.26. The number of piperidine rings is 1. The van der Waals surface area contributed by atoms with Crippen LogP contribution in [0.5, 0.6) is 0 Å². The van der Waals surface area contributed by atoms with Gasteiger partial charge < -0.3 is 20.4 Å². The molecule has 1 aliphatic carbocycles. The van der Waals surface area contributed by atoms with Gasteiger partial charge in [0.25, 0.3) is 5.91 Å². The van der Waals surface area contributed by atoms with Gasteiger partial charge in [0.2, 0.25) is 0 Å². The predicted octanol–water partition coefficient (Wildman–Crippen LogP) is 3.84. The number of amides is 3. The van der Waals surface area contributed by atoms with Gasteiger partial charge in [-0.2, -0.15) is 0 Å². The lowest BCUT2D eigenvalue weighted by Gasteiger charge is -2.59. The van der Waals surface area contributed by atoms with E-state index in [2.05, 4.69) is 39.8 Å². The highest BCUT2D eigenvalue weighted by Gasteiger charge is 2.53. The molecule has 5 rings (SSSR count). The Hall–Kier alpha value is -2.86. The molecule has 6 nitrogen and oxygen atoms in total. The number of piperazine rings is 1. The van der Waals surface area contributed by atoms with E-state index in [1.807, 2.05) is 24.3 Å². The molecular formula is C27H34N4O2. The molecular weight excluding hydrogens is 412 g/mol. The standard InChI is InChI=1S/C27H34N4O2/c1-30(2)26(32)21-14-10-19(11-15-21)18-8-12-20(13-9-18)25-23-16-28-17-24(25)31(23)27(33)29-22-6-4-3-5-7-22/h8-15,22-25,28H,3-7,16-17H2,1-2H3,(H,29,33)/t23-,24+,25?. The Morgan fingerprint density at radius 2 is 1.45 bits per heavy atom. The van der Waals surface area contributed by atoms with E-state index in [-0.39, 0.29) is 24.0 Å². The zero-order valence-corrected chi connectivity index (χ0v) is 19.6. The van der Waals surface area contributed by atoms with Crippen LogP contribution in [0.1, 0.15) is 53.9 Å². The van der Waals surface area contributed by atoms with Gasteiger partial charge in [-0.1, -0.05) is 55.7 Å². The van der Waals surface area contributed by atoms with Crippen molar-refractivity contribution in [1.29, 1.82) is 0 Å². The van der Waals surface area contributed by atoms with Crippen LogP contribution >= 0.6 is 0 Å². The van der Waals surface area contributed by atoms with E-state index in [0.717, 1.165) is 37.1 Å². The highest BCUT2D eigenvalue weighted by Crippen LogP contribution is 2.43. The zero-order chi connectivity index (χ0) is 22.9. The third-order valence-corrected chi connectivity index (χ3v) is 7.58. The van der Waals surface area contributed by atoms with Gasteiger partial charge in [0.05, 0.1) is 12.1 Å². The lowest BCUT2D eigenvalue weighted by molar-refractivity contribution is -0.00492. The largest absolute Gasteiger partial charge is 0.345 e. The minimum Gasteiger partial charge on any atom is -0.345 e. The van der Waals surface area contributed by atoms with Crippen LogP contribution in [0.3, 0.4) is 0 Å². The maximum absolute atomic E-state index is 13.0. The SMILES string of the molecule is CN(C)C(=O)c1ccc(-c2ccc(C3[C@H]4CNC[C@@H]3N4C(=O)NC3CCCCC3)cc2)cc1. The molecule has 0 aromatic heterocycles. The molecule has 174 valence electrons. The van der Waals surface area contributed by atoms with E-state index < -0.39 is 0 Å². The minimum atomic E-state index is 0.0131. The van der Waals surface area contributed by atoms with Gasteiger partial charge in [0.15, 0.2) is 0 Å². The molecule has 3 amide bonds. The third-order valence-electron chi connectivity index (χ3n) is 7.58. The van der Waals surface area contributed by atoms with Gasteiger partial charge in [0, 0.05) is 44.7 Å². The molecule has 3 aliphatic rings. The van der Waals surface area contributed by atoms with Crippen molar-refractivity contribution in [2.45, 2.75) is 56.1 Å². The summed E-state index contributed by atoms with van der Waals surface area (Å²) >= 11 is 0. The van der Waals surface area contributed by atoms with Crippen molar-refractivity contribution < 1.29 is 9.59 Å². The second-order valence-corrected chi connectivity index (χ2v) is 9.91. The van der Waals surface area contributed by atoms with Gasteiger partial charge in [-0.3, -0.25) is 4.79 Å². The van der Waals surface area contributed by atoms with Gasteiger partial charge in [-0.25, -0.2) is 4.79 Å². The average Bonchev–Trinajstić information content (AvgIpc) is 2.85. The summed E-state index contributed by atoms with van der Waals surface area (Å²) < 4.78 is 0. The van der Waals surface area contributed by atoms with E-state index >= 15 is 0 Å². The molecule has 2 N–H and O–H groups in total. The number of nitrogens with one attached hydrogen (secondary N) is 2. The normalized spacial score (nSPS) is 24.7. The van der Waals surface area contributed by atoms with Crippen LogP contribution in [0.4, 0.5) is 4.79 Å². The van der Waals surface area contributed by atoms with Gasteiger partial charge in [-0.15, -0.1) is 0 Å². The second-order valence-electron chi connectivity index (χ2n) is 9.91. The number of nitrogens with zero attached hydrogens (tertiary/aromatic N) is 2. The van der Waals surface area contributed by atoms with Crippen LogP contribution in [0.2, 0.25) is 0 Å². The summed E-state index contributed by atoms with van der Waals surface area (Å²) in [5.41, 5.74) is 4.23. The number of urea groups is 1.